The molecule has 2 aliphatic rings. The van der Waals surface area contributed by atoms with Crippen molar-refractivity contribution in [2.45, 2.75) is 32.2 Å². The van der Waals surface area contributed by atoms with E-state index in [0.717, 1.165) is 30.7 Å². The molecule has 0 amide bonds. The first-order valence-electron chi connectivity index (χ1n) is 8.40. The van der Waals surface area contributed by atoms with E-state index in [4.69, 9.17) is 4.74 Å². The zero-order chi connectivity index (χ0) is 14.7. The van der Waals surface area contributed by atoms with E-state index in [2.05, 4.69) is 35.3 Å². The second kappa shape index (κ2) is 6.80. The molecular weight excluding hydrogens is 260 g/mol. The van der Waals surface area contributed by atoms with Crippen LogP contribution in [0.3, 0.4) is 0 Å². The second-order valence-electron chi connectivity index (χ2n) is 6.56. The fraction of sp³-hybridized carbons (Fsp3) is 0.667. The normalized spacial score (nSPS) is 26.8. The molecule has 3 rings (SSSR count). The van der Waals surface area contributed by atoms with Crippen molar-refractivity contribution < 1.29 is 4.74 Å². The molecule has 1 aliphatic heterocycles. The Kier molecular flexibility index (Phi) is 4.81. The van der Waals surface area contributed by atoms with Gasteiger partial charge in [0.15, 0.2) is 0 Å². The Morgan fingerprint density at radius 1 is 1.29 bits per heavy atom. The summed E-state index contributed by atoms with van der Waals surface area (Å²) in [6.45, 7) is 6.91. The van der Waals surface area contributed by atoms with E-state index in [1.807, 2.05) is 6.07 Å². The molecule has 1 saturated heterocycles. The lowest BCUT2D eigenvalue weighted by atomic mass is 10.0. The Morgan fingerprint density at radius 3 is 2.71 bits per heavy atom. The van der Waals surface area contributed by atoms with E-state index in [1.54, 1.807) is 7.11 Å². The molecule has 1 aromatic carbocycles. The van der Waals surface area contributed by atoms with Crippen LogP contribution in [0.5, 0.6) is 5.75 Å². The van der Waals surface area contributed by atoms with E-state index >= 15 is 0 Å². The van der Waals surface area contributed by atoms with Gasteiger partial charge in [-0.1, -0.05) is 25.5 Å². The van der Waals surface area contributed by atoms with Crippen LogP contribution >= 0.6 is 0 Å². The van der Waals surface area contributed by atoms with E-state index in [0.29, 0.717) is 6.04 Å². The summed E-state index contributed by atoms with van der Waals surface area (Å²) in [5.41, 5.74) is 1.34. The number of nitrogens with zero attached hydrogens (tertiary/aromatic N) is 1. The molecule has 3 heteroatoms. The topological polar surface area (TPSA) is 24.5 Å². The largest absolute Gasteiger partial charge is 0.497 e. The van der Waals surface area contributed by atoms with Gasteiger partial charge in [0.2, 0.25) is 0 Å². The van der Waals surface area contributed by atoms with Crippen LogP contribution < -0.4 is 10.1 Å². The molecule has 0 spiro atoms. The predicted octanol–water partition coefficient (Wildman–Crippen LogP) is 3.08. The highest BCUT2D eigenvalue weighted by molar-refractivity contribution is 5.30. The number of likely N-dealkylation sites (N-methyl/N-ethyl adjacent to an activating group) is 1. The van der Waals surface area contributed by atoms with Crippen molar-refractivity contribution in [1.29, 1.82) is 0 Å². The van der Waals surface area contributed by atoms with Gasteiger partial charge in [-0.15, -0.1) is 0 Å². The van der Waals surface area contributed by atoms with E-state index in [9.17, 15) is 0 Å². The minimum Gasteiger partial charge on any atom is -0.497 e. The molecular formula is C18H28N2O. The number of methoxy groups -OCH3 is 1. The quantitative estimate of drug-likeness (QED) is 0.870. The van der Waals surface area contributed by atoms with Gasteiger partial charge in [0.05, 0.1) is 7.11 Å². The van der Waals surface area contributed by atoms with Gasteiger partial charge in [0, 0.05) is 25.7 Å². The molecule has 1 N–H and O–H groups in total. The van der Waals surface area contributed by atoms with Crippen LogP contribution in [0.2, 0.25) is 0 Å². The lowest BCUT2D eigenvalue weighted by Crippen LogP contribution is -2.34. The summed E-state index contributed by atoms with van der Waals surface area (Å²) in [5.74, 6) is 2.89. The van der Waals surface area contributed by atoms with Crippen LogP contribution in [0.15, 0.2) is 24.3 Å². The molecule has 0 radical (unpaired) electrons. The van der Waals surface area contributed by atoms with Crippen LogP contribution in [0.1, 0.15) is 37.8 Å². The Labute approximate surface area is 128 Å². The van der Waals surface area contributed by atoms with Crippen molar-refractivity contribution in [1.82, 2.24) is 10.2 Å². The highest BCUT2D eigenvalue weighted by Gasteiger charge is 2.36. The van der Waals surface area contributed by atoms with Gasteiger partial charge in [0.1, 0.15) is 5.75 Å². The van der Waals surface area contributed by atoms with Crippen molar-refractivity contribution in [2.24, 2.45) is 11.8 Å². The maximum atomic E-state index is 5.37. The highest BCUT2D eigenvalue weighted by Crippen LogP contribution is 2.38. The van der Waals surface area contributed by atoms with Crippen molar-refractivity contribution in [3.05, 3.63) is 29.8 Å². The fourth-order valence-corrected chi connectivity index (χ4v) is 4.13. The zero-order valence-electron chi connectivity index (χ0n) is 13.3. The number of ether oxygens (including phenoxy) is 1. The number of hydrogen-bond acceptors (Lipinski definition) is 3. The predicted molar refractivity (Wildman–Crippen MR) is 86.7 cm³/mol. The van der Waals surface area contributed by atoms with Crippen LogP contribution in [-0.4, -0.2) is 38.2 Å². The summed E-state index contributed by atoms with van der Waals surface area (Å²) in [6, 6.07) is 8.91. The number of fused-ring (bicyclic) bond motifs is 1. The lowest BCUT2D eigenvalue weighted by Gasteiger charge is -2.25. The maximum Gasteiger partial charge on any atom is 0.119 e. The van der Waals surface area contributed by atoms with Gasteiger partial charge in [-0.25, -0.2) is 0 Å². The van der Waals surface area contributed by atoms with Crippen molar-refractivity contribution >= 4 is 0 Å². The third-order valence-corrected chi connectivity index (χ3v) is 5.19. The summed E-state index contributed by atoms with van der Waals surface area (Å²) < 4.78 is 5.37. The minimum absolute atomic E-state index is 0.406. The molecule has 21 heavy (non-hydrogen) atoms. The number of nitrogens with one attached hydrogen (secondary N) is 1. The van der Waals surface area contributed by atoms with Gasteiger partial charge in [-0.3, -0.25) is 0 Å². The number of rotatable bonds is 6. The molecule has 2 fully saturated rings. The van der Waals surface area contributed by atoms with Crippen LogP contribution in [0.25, 0.3) is 0 Å². The maximum absolute atomic E-state index is 5.37. The third-order valence-electron chi connectivity index (χ3n) is 5.19. The van der Waals surface area contributed by atoms with Crippen LogP contribution in [0, 0.1) is 11.8 Å². The average Bonchev–Trinajstić information content (AvgIpc) is 3.08. The van der Waals surface area contributed by atoms with Gasteiger partial charge >= 0.3 is 0 Å². The van der Waals surface area contributed by atoms with Crippen molar-refractivity contribution in [2.75, 3.05) is 33.3 Å². The Hall–Kier alpha value is -1.06. The Morgan fingerprint density at radius 2 is 2.05 bits per heavy atom. The summed E-state index contributed by atoms with van der Waals surface area (Å²) in [4.78, 5) is 2.67. The highest BCUT2D eigenvalue weighted by atomic mass is 16.5. The van der Waals surface area contributed by atoms with E-state index in [-0.39, 0.29) is 0 Å². The monoisotopic (exact) mass is 288 g/mol. The molecule has 0 bridgehead atoms. The van der Waals surface area contributed by atoms with Crippen molar-refractivity contribution in [3.8, 4) is 5.75 Å². The smallest absolute Gasteiger partial charge is 0.119 e. The van der Waals surface area contributed by atoms with Crippen molar-refractivity contribution in [3.63, 3.8) is 0 Å². The fourth-order valence-electron chi connectivity index (χ4n) is 4.13. The standard InChI is InChI=1S/C18H28N2O/c1-3-19-18(14-6-5-9-17(10-14)21-2)13-20-11-15-7-4-8-16(15)12-20/h5-6,9-10,15-16,18-19H,3-4,7-8,11-13H2,1-2H3. The van der Waals surface area contributed by atoms with Crippen LogP contribution in [-0.2, 0) is 0 Å². The van der Waals surface area contributed by atoms with Gasteiger partial charge < -0.3 is 15.0 Å². The van der Waals surface area contributed by atoms with Gasteiger partial charge in [0.25, 0.3) is 0 Å². The number of hydrogen-bond donors (Lipinski definition) is 1. The molecule has 116 valence electrons. The molecule has 1 aromatic rings. The first-order valence-corrected chi connectivity index (χ1v) is 8.40. The first kappa shape index (κ1) is 14.9. The van der Waals surface area contributed by atoms with E-state index < -0.39 is 0 Å². The number of benzene rings is 1. The van der Waals surface area contributed by atoms with Crippen LogP contribution in [0.4, 0.5) is 0 Å². The molecule has 0 aromatic heterocycles. The van der Waals surface area contributed by atoms with Gasteiger partial charge in [-0.05, 0) is 48.9 Å². The second-order valence-corrected chi connectivity index (χ2v) is 6.56. The minimum atomic E-state index is 0.406. The summed E-state index contributed by atoms with van der Waals surface area (Å²) in [7, 11) is 1.74. The molecule has 1 saturated carbocycles. The average molecular weight is 288 g/mol. The molecule has 1 heterocycles. The molecule has 3 atom stereocenters. The Balaban J connectivity index is 1.66. The summed E-state index contributed by atoms with van der Waals surface area (Å²) in [6.07, 6.45) is 4.36. The Bertz CT molecular complexity index is 450. The lowest BCUT2D eigenvalue weighted by molar-refractivity contribution is 0.273. The molecule has 3 unspecified atom stereocenters. The number of likely N-dealkylation sites (tertiary alicyclic amines) is 1. The zero-order valence-corrected chi connectivity index (χ0v) is 13.3. The molecule has 1 aliphatic carbocycles. The summed E-state index contributed by atoms with van der Waals surface area (Å²) >= 11 is 0. The summed E-state index contributed by atoms with van der Waals surface area (Å²) in [5, 5.41) is 3.65. The SMILES string of the molecule is CCNC(CN1CC2CCCC2C1)c1cccc(OC)c1. The third kappa shape index (κ3) is 3.41. The molecule has 3 nitrogen and oxygen atoms in total. The van der Waals surface area contributed by atoms with E-state index in [1.165, 1.54) is 37.9 Å². The van der Waals surface area contributed by atoms with Gasteiger partial charge in [-0.2, -0.15) is 0 Å². The first-order chi connectivity index (χ1) is 10.3.